The van der Waals surface area contributed by atoms with Gasteiger partial charge in [-0.3, -0.25) is 9.59 Å². The Morgan fingerprint density at radius 1 is 1.04 bits per heavy atom. The first kappa shape index (κ1) is 19.0. The van der Waals surface area contributed by atoms with Crippen molar-refractivity contribution in [2.75, 3.05) is 0 Å². The number of carboxylic acids is 1. The van der Waals surface area contributed by atoms with Crippen LogP contribution >= 0.6 is 0 Å². The highest BCUT2D eigenvalue weighted by atomic mass is 19.1. The number of carboxylic acid groups (broad SMARTS) is 1. The molecule has 0 bridgehead atoms. The van der Waals surface area contributed by atoms with Gasteiger partial charge in [0, 0.05) is 12.0 Å². The van der Waals surface area contributed by atoms with Crippen LogP contribution in [0.1, 0.15) is 22.6 Å². The van der Waals surface area contributed by atoms with Crippen LogP contribution in [0.15, 0.2) is 60.7 Å². The number of H-pyrrole nitrogens is 1. The number of aryl methyl sites for hydroxylation is 1. The molecule has 142 valence electrons. The molecular formula is C21H18FN3O3. The molecule has 0 radical (unpaired) electrons. The summed E-state index contributed by atoms with van der Waals surface area (Å²) in [6.07, 6.45) is 0.341. The van der Waals surface area contributed by atoms with Crippen molar-refractivity contribution in [3.63, 3.8) is 0 Å². The minimum absolute atomic E-state index is 0.0162. The Hall–Kier alpha value is -3.74. The molecule has 6 nitrogen and oxygen atoms in total. The summed E-state index contributed by atoms with van der Waals surface area (Å²) in [4.78, 5) is 28.2. The molecule has 0 aliphatic carbocycles. The summed E-state index contributed by atoms with van der Waals surface area (Å²) in [7, 11) is 0. The number of aliphatic carboxylic acids is 1. The third-order valence-electron chi connectivity index (χ3n) is 4.10. The average molecular weight is 379 g/mol. The molecule has 1 amide bonds. The van der Waals surface area contributed by atoms with Gasteiger partial charge in [0.05, 0.1) is 17.5 Å². The van der Waals surface area contributed by atoms with E-state index in [0.29, 0.717) is 28.8 Å². The molecule has 0 atom stereocenters. The van der Waals surface area contributed by atoms with Gasteiger partial charge in [-0.15, -0.1) is 0 Å². The van der Waals surface area contributed by atoms with Crippen LogP contribution in [0.2, 0.25) is 0 Å². The van der Waals surface area contributed by atoms with E-state index >= 15 is 0 Å². The zero-order valence-corrected chi connectivity index (χ0v) is 14.9. The van der Waals surface area contributed by atoms with E-state index < -0.39 is 5.97 Å². The fourth-order valence-electron chi connectivity index (χ4n) is 2.72. The molecule has 3 aromatic carbocycles. The molecule has 4 rings (SSSR count). The van der Waals surface area contributed by atoms with Gasteiger partial charge in [-0.05, 0) is 41.1 Å². The van der Waals surface area contributed by atoms with Crippen LogP contribution in [0.4, 0.5) is 4.39 Å². The largest absolute Gasteiger partial charge is 0.481 e. The molecule has 4 N–H and O–H groups in total. The number of halogens is 1. The summed E-state index contributed by atoms with van der Waals surface area (Å²) in [5.74, 6) is -1.03. The topological polar surface area (TPSA) is 109 Å². The van der Waals surface area contributed by atoms with Crippen molar-refractivity contribution >= 4 is 33.7 Å². The lowest BCUT2D eigenvalue weighted by molar-refractivity contribution is -0.137. The highest BCUT2D eigenvalue weighted by molar-refractivity contribution is 5.97. The third kappa shape index (κ3) is 4.70. The molecule has 0 aliphatic heterocycles. The molecule has 1 aromatic heterocycles. The van der Waals surface area contributed by atoms with Crippen molar-refractivity contribution in [2.24, 2.45) is 5.73 Å². The number of imidazole rings is 1. The van der Waals surface area contributed by atoms with Gasteiger partial charge >= 0.3 is 5.97 Å². The predicted molar refractivity (Wildman–Crippen MR) is 104 cm³/mol. The van der Waals surface area contributed by atoms with E-state index in [-0.39, 0.29) is 18.1 Å². The molecule has 0 spiro atoms. The van der Waals surface area contributed by atoms with E-state index in [4.69, 9.17) is 10.8 Å². The monoisotopic (exact) mass is 379 g/mol. The highest BCUT2D eigenvalue weighted by Gasteiger charge is 2.05. The molecule has 4 aromatic rings. The van der Waals surface area contributed by atoms with Crippen molar-refractivity contribution in [2.45, 2.75) is 12.8 Å². The molecule has 0 aliphatic rings. The third-order valence-corrected chi connectivity index (χ3v) is 4.10. The second-order valence-electron chi connectivity index (χ2n) is 6.16. The lowest BCUT2D eigenvalue weighted by atomic mass is 10.1. The quantitative estimate of drug-likeness (QED) is 0.503. The molecule has 0 fully saturated rings. The number of hydrogen-bond acceptors (Lipinski definition) is 3. The summed E-state index contributed by atoms with van der Waals surface area (Å²) < 4.78 is 12.8. The lowest BCUT2D eigenvalue weighted by Gasteiger charge is -1.98. The summed E-state index contributed by atoms with van der Waals surface area (Å²) in [5.41, 5.74) is 6.96. The number of nitrogens with two attached hydrogens (primary N) is 1. The summed E-state index contributed by atoms with van der Waals surface area (Å²) >= 11 is 0. The lowest BCUT2D eigenvalue weighted by Crippen LogP contribution is -2.10. The number of hydrogen-bond donors (Lipinski definition) is 3. The second-order valence-corrected chi connectivity index (χ2v) is 6.16. The number of nitrogens with zero attached hydrogens (tertiary/aromatic N) is 1. The number of aromatic nitrogens is 2. The number of amides is 1. The molecule has 28 heavy (non-hydrogen) atoms. The molecule has 7 heteroatoms. The number of primary amides is 1. The Kier molecular flexibility index (Phi) is 5.64. The number of benzene rings is 3. The molecule has 0 unspecified atom stereocenters. The predicted octanol–water partition coefficient (Wildman–Crippen LogP) is 3.66. The van der Waals surface area contributed by atoms with Crippen LogP contribution in [0.3, 0.4) is 0 Å². The molecular weight excluding hydrogens is 361 g/mol. The SMILES string of the molecule is NC(=O)c1ccc2ccccc2c1.O=C(O)CCc1nc2ccc(F)cc2[nH]1. The summed E-state index contributed by atoms with van der Waals surface area (Å²) in [6.45, 7) is 0. The van der Waals surface area contributed by atoms with Gasteiger partial charge in [0.2, 0.25) is 5.91 Å². The van der Waals surface area contributed by atoms with Crippen molar-refractivity contribution in [3.05, 3.63) is 77.9 Å². The first-order chi connectivity index (χ1) is 13.4. The van der Waals surface area contributed by atoms with Gasteiger partial charge < -0.3 is 15.8 Å². The van der Waals surface area contributed by atoms with Gasteiger partial charge in [0.1, 0.15) is 11.6 Å². The van der Waals surface area contributed by atoms with Gasteiger partial charge in [0.15, 0.2) is 0 Å². The Labute approximate surface area is 159 Å². The van der Waals surface area contributed by atoms with Gasteiger partial charge in [-0.1, -0.05) is 30.3 Å². The zero-order valence-electron chi connectivity index (χ0n) is 14.9. The van der Waals surface area contributed by atoms with Crippen LogP contribution in [0, 0.1) is 5.82 Å². The molecule has 1 heterocycles. The average Bonchev–Trinajstić information content (AvgIpc) is 3.08. The normalized spacial score (nSPS) is 10.5. The maximum absolute atomic E-state index is 12.8. The Morgan fingerprint density at radius 2 is 1.79 bits per heavy atom. The Morgan fingerprint density at radius 3 is 2.50 bits per heavy atom. The number of carbonyl (C=O) groups excluding carboxylic acids is 1. The standard InChI is InChI=1S/C11H9NO.C10H9FN2O2/c12-11(13)10-6-5-8-3-1-2-4-9(8)7-10;11-6-1-2-7-8(5-6)13-9(12-7)3-4-10(14)15/h1-7H,(H2,12,13);1-2,5H,3-4H2,(H,12,13)(H,14,15). The van der Waals surface area contributed by atoms with Gasteiger partial charge in [-0.2, -0.15) is 0 Å². The number of carbonyl (C=O) groups is 2. The van der Waals surface area contributed by atoms with Crippen molar-refractivity contribution < 1.29 is 19.1 Å². The number of rotatable bonds is 4. The Balaban J connectivity index is 0.000000162. The van der Waals surface area contributed by atoms with Gasteiger partial charge in [0.25, 0.3) is 0 Å². The van der Waals surface area contributed by atoms with Crippen LogP contribution in [-0.2, 0) is 11.2 Å². The zero-order chi connectivity index (χ0) is 20.1. The van der Waals surface area contributed by atoms with E-state index in [2.05, 4.69) is 9.97 Å². The van der Waals surface area contributed by atoms with E-state index in [0.717, 1.165) is 10.8 Å². The van der Waals surface area contributed by atoms with E-state index in [1.165, 1.54) is 12.1 Å². The molecule has 0 saturated carbocycles. The first-order valence-corrected chi connectivity index (χ1v) is 8.57. The van der Waals surface area contributed by atoms with Crippen LogP contribution in [-0.4, -0.2) is 27.0 Å². The smallest absolute Gasteiger partial charge is 0.303 e. The fraction of sp³-hybridized carbons (Fsp3) is 0.0952. The number of fused-ring (bicyclic) bond motifs is 2. The van der Waals surface area contributed by atoms with Crippen LogP contribution in [0.5, 0.6) is 0 Å². The number of aromatic amines is 1. The maximum Gasteiger partial charge on any atom is 0.303 e. The van der Waals surface area contributed by atoms with E-state index in [1.807, 2.05) is 30.3 Å². The Bertz CT molecular complexity index is 1150. The van der Waals surface area contributed by atoms with Gasteiger partial charge in [-0.25, -0.2) is 9.37 Å². The van der Waals surface area contributed by atoms with Crippen molar-refractivity contribution in [3.8, 4) is 0 Å². The fourth-order valence-corrected chi connectivity index (χ4v) is 2.72. The molecule has 0 saturated heterocycles. The first-order valence-electron chi connectivity index (χ1n) is 8.57. The van der Waals surface area contributed by atoms with Crippen LogP contribution < -0.4 is 5.73 Å². The van der Waals surface area contributed by atoms with E-state index in [9.17, 15) is 14.0 Å². The minimum Gasteiger partial charge on any atom is -0.481 e. The maximum atomic E-state index is 12.8. The minimum atomic E-state index is -0.873. The number of nitrogens with one attached hydrogen (secondary N) is 1. The van der Waals surface area contributed by atoms with Crippen LogP contribution in [0.25, 0.3) is 21.8 Å². The highest BCUT2D eigenvalue weighted by Crippen LogP contribution is 2.15. The second kappa shape index (κ2) is 8.30. The summed E-state index contributed by atoms with van der Waals surface area (Å²) in [5, 5.41) is 10.7. The summed E-state index contributed by atoms with van der Waals surface area (Å²) in [6, 6.07) is 17.5. The van der Waals surface area contributed by atoms with Crippen molar-refractivity contribution in [1.29, 1.82) is 0 Å². The van der Waals surface area contributed by atoms with E-state index in [1.54, 1.807) is 18.2 Å². The van der Waals surface area contributed by atoms with Crippen molar-refractivity contribution in [1.82, 2.24) is 9.97 Å².